The minimum absolute atomic E-state index is 0.0329. The van der Waals surface area contributed by atoms with E-state index in [9.17, 15) is 0 Å². The van der Waals surface area contributed by atoms with Gasteiger partial charge in [0, 0.05) is 34.4 Å². The summed E-state index contributed by atoms with van der Waals surface area (Å²) in [4.78, 5) is 9.83. The zero-order valence-corrected chi connectivity index (χ0v) is 30.9. The number of aromatic nitrogens is 3. The number of benzene rings is 5. The fraction of sp³-hybridized carbons (Fsp3) is 0.184. The Balaban J connectivity index is 1.43. The Kier molecular flexibility index (Phi) is 8.18. The number of pyridine rings is 2. The van der Waals surface area contributed by atoms with Crippen molar-refractivity contribution in [1.29, 1.82) is 0 Å². The second-order valence-corrected chi connectivity index (χ2v) is 16.0. The van der Waals surface area contributed by atoms with Crippen molar-refractivity contribution < 1.29 is 0 Å². The van der Waals surface area contributed by atoms with Crippen molar-refractivity contribution >= 4 is 21.8 Å². The van der Waals surface area contributed by atoms with Crippen LogP contribution in [0.1, 0.15) is 75.1 Å². The van der Waals surface area contributed by atoms with Gasteiger partial charge < -0.3 is 4.57 Å². The summed E-state index contributed by atoms with van der Waals surface area (Å²) in [5.74, 6) is 0. The first-order chi connectivity index (χ1) is 25.0. The van der Waals surface area contributed by atoms with Gasteiger partial charge in [-0.2, -0.15) is 0 Å². The van der Waals surface area contributed by atoms with E-state index in [4.69, 9.17) is 4.98 Å². The predicted molar refractivity (Wildman–Crippen MR) is 218 cm³/mol. The van der Waals surface area contributed by atoms with Crippen molar-refractivity contribution in [2.24, 2.45) is 0 Å². The third-order valence-corrected chi connectivity index (χ3v) is 10.6. The van der Waals surface area contributed by atoms with Gasteiger partial charge in [-0.1, -0.05) is 145 Å². The van der Waals surface area contributed by atoms with E-state index in [-0.39, 0.29) is 10.8 Å². The van der Waals surface area contributed by atoms with Gasteiger partial charge in [-0.05, 0) is 87.2 Å². The molecule has 0 amide bonds. The minimum Gasteiger partial charge on any atom is -0.309 e. The van der Waals surface area contributed by atoms with Gasteiger partial charge in [0.2, 0.25) is 0 Å². The zero-order valence-electron chi connectivity index (χ0n) is 30.9. The molecule has 0 atom stereocenters. The molecule has 0 fully saturated rings. The molecular weight excluding hydrogens is 631 g/mol. The number of hydrogen-bond acceptors (Lipinski definition) is 2. The van der Waals surface area contributed by atoms with Crippen LogP contribution < -0.4 is 0 Å². The molecule has 52 heavy (non-hydrogen) atoms. The average Bonchev–Trinajstić information content (AvgIpc) is 3.49. The molecule has 3 heterocycles. The van der Waals surface area contributed by atoms with E-state index in [1.807, 2.05) is 30.6 Å². The highest BCUT2D eigenvalue weighted by Crippen LogP contribution is 2.46. The van der Waals surface area contributed by atoms with Crippen LogP contribution in [0.2, 0.25) is 0 Å². The van der Waals surface area contributed by atoms with Crippen LogP contribution in [0.4, 0.5) is 0 Å². The Morgan fingerprint density at radius 3 is 1.60 bits per heavy atom. The van der Waals surface area contributed by atoms with Gasteiger partial charge in [-0.25, -0.2) is 0 Å². The van der Waals surface area contributed by atoms with E-state index in [1.165, 1.54) is 38.5 Å². The van der Waals surface area contributed by atoms with Gasteiger partial charge in [0.15, 0.2) is 0 Å². The van der Waals surface area contributed by atoms with Crippen LogP contribution in [0.25, 0.3) is 38.8 Å². The first-order valence-corrected chi connectivity index (χ1v) is 18.2. The lowest BCUT2D eigenvalue weighted by atomic mass is 9.66. The maximum atomic E-state index is 5.15. The highest BCUT2D eigenvalue weighted by atomic mass is 15.0. The Morgan fingerprint density at radius 2 is 1.00 bits per heavy atom. The Bertz CT molecular complexity index is 2440. The molecule has 0 aliphatic rings. The van der Waals surface area contributed by atoms with Crippen molar-refractivity contribution in [1.82, 2.24) is 14.5 Å². The molecule has 0 unspecified atom stereocenters. The SMILES string of the molecule is CC(C)(C)c1ccc(C(c2ccc(C(C)(C)C)cc2)(c2cccc(-n3c4ccccc4c4ccc(-c5ccccn5)cc43)c2)c2ccccn2)cc1. The average molecular weight is 676 g/mol. The summed E-state index contributed by atoms with van der Waals surface area (Å²) >= 11 is 0. The molecule has 0 N–H and O–H groups in total. The molecule has 0 saturated carbocycles. The molecule has 3 heteroatoms. The fourth-order valence-electron chi connectivity index (χ4n) is 7.79. The molecule has 0 bridgehead atoms. The van der Waals surface area contributed by atoms with Gasteiger partial charge in [-0.15, -0.1) is 0 Å². The molecule has 5 aromatic carbocycles. The van der Waals surface area contributed by atoms with Crippen LogP contribution in [0.15, 0.2) is 164 Å². The van der Waals surface area contributed by atoms with Crippen molar-refractivity contribution in [3.63, 3.8) is 0 Å². The normalized spacial score (nSPS) is 12.4. The Hall–Kier alpha value is -5.80. The van der Waals surface area contributed by atoms with Crippen LogP contribution in [0.3, 0.4) is 0 Å². The first-order valence-electron chi connectivity index (χ1n) is 18.2. The maximum absolute atomic E-state index is 5.15. The summed E-state index contributed by atoms with van der Waals surface area (Å²) in [5, 5.41) is 2.44. The van der Waals surface area contributed by atoms with Crippen LogP contribution in [0, 0.1) is 0 Å². The highest BCUT2D eigenvalue weighted by Gasteiger charge is 2.40. The first kappa shape index (κ1) is 33.3. The van der Waals surface area contributed by atoms with Gasteiger partial charge in [-0.3, -0.25) is 9.97 Å². The van der Waals surface area contributed by atoms with E-state index in [0.717, 1.165) is 33.7 Å². The molecule has 8 rings (SSSR count). The lowest BCUT2D eigenvalue weighted by Gasteiger charge is -2.37. The van der Waals surface area contributed by atoms with Crippen LogP contribution >= 0.6 is 0 Å². The Labute approximate surface area is 307 Å². The lowest BCUT2D eigenvalue weighted by Crippen LogP contribution is -2.32. The summed E-state index contributed by atoms with van der Waals surface area (Å²) in [6.07, 6.45) is 3.78. The third-order valence-electron chi connectivity index (χ3n) is 10.6. The highest BCUT2D eigenvalue weighted by molar-refractivity contribution is 6.10. The molecule has 0 aliphatic carbocycles. The third kappa shape index (κ3) is 5.71. The number of para-hydroxylation sites is 1. The van der Waals surface area contributed by atoms with E-state index in [2.05, 4.69) is 185 Å². The van der Waals surface area contributed by atoms with E-state index < -0.39 is 5.41 Å². The largest absolute Gasteiger partial charge is 0.309 e. The quantitative estimate of drug-likeness (QED) is 0.164. The molecule has 0 saturated heterocycles. The summed E-state index contributed by atoms with van der Waals surface area (Å²) < 4.78 is 2.41. The number of nitrogens with zero attached hydrogens (tertiary/aromatic N) is 3. The second-order valence-electron chi connectivity index (χ2n) is 16.0. The van der Waals surface area contributed by atoms with Crippen molar-refractivity contribution in [3.8, 4) is 16.9 Å². The van der Waals surface area contributed by atoms with Crippen molar-refractivity contribution in [3.05, 3.63) is 198 Å². The molecule has 256 valence electrons. The number of rotatable bonds is 6. The zero-order chi connectivity index (χ0) is 36.1. The summed E-state index contributed by atoms with van der Waals surface area (Å²) in [5.41, 5.74) is 11.9. The van der Waals surface area contributed by atoms with Gasteiger partial charge >= 0.3 is 0 Å². The topological polar surface area (TPSA) is 30.7 Å². The van der Waals surface area contributed by atoms with Gasteiger partial charge in [0.25, 0.3) is 0 Å². The van der Waals surface area contributed by atoms with E-state index in [1.54, 1.807) is 0 Å². The second kappa shape index (κ2) is 12.8. The van der Waals surface area contributed by atoms with Crippen LogP contribution in [-0.2, 0) is 16.2 Å². The summed E-state index contributed by atoms with van der Waals surface area (Å²) in [7, 11) is 0. The van der Waals surface area contributed by atoms with Gasteiger partial charge in [0.1, 0.15) is 0 Å². The van der Waals surface area contributed by atoms with E-state index >= 15 is 0 Å². The molecular formula is C49H45N3. The lowest BCUT2D eigenvalue weighted by molar-refractivity contribution is 0.588. The van der Waals surface area contributed by atoms with Crippen molar-refractivity contribution in [2.45, 2.75) is 57.8 Å². The molecule has 8 aromatic rings. The number of hydrogen-bond donors (Lipinski definition) is 0. The van der Waals surface area contributed by atoms with Crippen LogP contribution in [-0.4, -0.2) is 14.5 Å². The molecule has 0 spiro atoms. The van der Waals surface area contributed by atoms with E-state index in [0.29, 0.717) is 0 Å². The predicted octanol–water partition coefficient (Wildman–Crippen LogP) is 12.2. The fourth-order valence-corrected chi connectivity index (χ4v) is 7.79. The molecule has 3 nitrogen and oxygen atoms in total. The summed E-state index contributed by atoms with van der Waals surface area (Å²) in [6.45, 7) is 13.6. The molecule has 0 aliphatic heterocycles. The standard InChI is InChI=1S/C49H45N3/c1-47(2,3)35-21-25-37(26-22-35)49(46-19-10-12-31-51-46,38-27-23-36(24-28-38)48(4,5)6)39-14-13-15-40(33-39)52-44-18-8-7-16-41(44)42-29-20-34(32-45(42)52)43-17-9-11-30-50-43/h7-33H,1-6H3. The Morgan fingerprint density at radius 1 is 0.423 bits per heavy atom. The number of fused-ring (bicyclic) bond motifs is 3. The molecule has 0 radical (unpaired) electrons. The van der Waals surface area contributed by atoms with Crippen LogP contribution in [0.5, 0.6) is 0 Å². The molecule has 3 aromatic heterocycles. The van der Waals surface area contributed by atoms with Crippen molar-refractivity contribution in [2.75, 3.05) is 0 Å². The minimum atomic E-state index is -0.692. The maximum Gasteiger partial charge on any atom is 0.0874 e. The smallest absolute Gasteiger partial charge is 0.0874 e. The summed E-state index contributed by atoms with van der Waals surface area (Å²) in [6, 6.07) is 55.4. The monoisotopic (exact) mass is 675 g/mol. The van der Waals surface area contributed by atoms with Gasteiger partial charge in [0.05, 0.1) is 27.8 Å².